The van der Waals surface area contributed by atoms with Crippen molar-refractivity contribution in [2.45, 2.75) is 25.8 Å². The van der Waals surface area contributed by atoms with Gasteiger partial charge in [0.05, 0.1) is 6.04 Å². The average Bonchev–Trinajstić information content (AvgIpc) is 2.33. The molecule has 1 heterocycles. The predicted octanol–water partition coefficient (Wildman–Crippen LogP) is 1.11. The van der Waals surface area contributed by atoms with Crippen LogP contribution in [0.25, 0.3) is 0 Å². The van der Waals surface area contributed by atoms with E-state index < -0.39 is 12.0 Å². The molecule has 1 aromatic heterocycles. The molecule has 0 bridgehead atoms. The Labute approximate surface area is 73.3 Å². The third-order valence-corrected chi connectivity index (χ3v) is 1.54. The van der Waals surface area contributed by atoms with Crippen LogP contribution in [-0.2, 0) is 0 Å². The summed E-state index contributed by atoms with van der Waals surface area (Å²) in [6.45, 7) is 2.10. The molecule has 1 atom stereocenters. The van der Waals surface area contributed by atoms with Gasteiger partial charge in [-0.3, -0.25) is 0 Å². The highest BCUT2D eigenvalue weighted by Crippen LogP contribution is 2.20. The molecule has 13 heavy (non-hydrogen) atoms. The zero-order valence-electron chi connectivity index (χ0n) is 7.21. The summed E-state index contributed by atoms with van der Waals surface area (Å²) in [5.74, 6) is -2.86. The summed E-state index contributed by atoms with van der Waals surface area (Å²) in [6, 6.07) is -1.35. The second-order valence-corrected chi connectivity index (χ2v) is 2.77. The second kappa shape index (κ2) is 3.15. The molecule has 0 spiro atoms. The Hall–Kier alpha value is -1.40. The molecule has 5 nitrogen and oxygen atoms in total. The van der Waals surface area contributed by atoms with Gasteiger partial charge in [-0.1, -0.05) is 10.2 Å². The number of nitrogens with zero attached hydrogens (tertiary/aromatic N) is 2. The van der Waals surface area contributed by atoms with Crippen molar-refractivity contribution in [3.05, 3.63) is 0 Å². The SMILES string of the molecule is CC(Nc1nnc(N)o1)C(C)(F)F. The predicted molar refractivity (Wildman–Crippen MR) is 42.4 cm³/mol. The lowest BCUT2D eigenvalue weighted by Gasteiger charge is -2.18. The monoisotopic (exact) mass is 192 g/mol. The third kappa shape index (κ3) is 2.53. The summed E-state index contributed by atoms with van der Waals surface area (Å²) in [4.78, 5) is 0. The van der Waals surface area contributed by atoms with Gasteiger partial charge in [-0.15, -0.1) is 0 Å². The maximum Gasteiger partial charge on any atom is 0.317 e. The molecule has 0 amide bonds. The number of nitrogens with two attached hydrogens (primary N) is 1. The summed E-state index contributed by atoms with van der Waals surface area (Å²) in [5, 5.41) is 9.02. The number of nitrogens with one attached hydrogen (secondary N) is 1. The minimum absolute atomic E-state index is 0.105. The quantitative estimate of drug-likeness (QED) is 0.750. The van der Waals surface area contributed by atoms with Gasteiger partial charge in [0.15, 0.2) is 0 Å². The first-order valence-electron chi connectivity index (χ1n) is 3.63. The van der Waals surface area contributed by atoms with Gasteiger partial charge < -0.3 is 15.5 Å². The summed E-state index contributed by atoms with van der Waals surface area (Å²) in [6.07, 6.45) is 0. The van der Waals surface area contributed by atoms with Crippen molar-refractivity contribution in [3.63, 3.8) is 0 Å². The fraction of sp³-hybridized carbons (Fsp3) is 0.667. The summed E-state index contributed by atoms with van der Waals surface area (Å²) >= 11 is 0. The van der Waals surface area contributed by atoms with Gasteiger partial charge >= 0.3 is 12.0 Å². The highest BCUT2D eigenvalue weighted by molar-refractivity contribution is 5.24. The highest BCUT2D eigenvalue weighted by atomic mass is 19.3. The molecule has 0 saturated carbocycles. The molecule has 0 aliphatic carbocycles. The highest BCUT2D eigenvalue weighted by Gasteiger charge is 2.31. The summed E-state index contributed by atoms with van der Waals surface area (Å²) < 4.78 is 29.9. The fourth-order valence-corrected chi connectivity index (χ4v) is 0.605. The van der Waals surface area contributed by atoms with Gasteiger partial charge in [-0.25, -0.2) is 8.78 Å². The van der Waals surface area contributed by atoms with Crippen molar-refractivity contribution in [2.24, 2.45) is 0 Å². The largest absolute Gasteiger partial charge is 0.390 e. The van der Waals surface area contributed by atoms with Crippen LogP contribution < -0.4 is 11.1 Å². The molecule has 0 aliphatic rings. The molecular formula is C6H10F2N4O. The van der Waals surface area contributed by atoms with E-state index in [1.807, 2.05) is 0 Å². The van der Waals surface area contributed by atoms with Crippen LogP contribution in [0.15, 0.2) is 4.42 Å². The minimum Gasteiger partial charge on any atom is -0.390 e. The van der Waals surface area contributed by atoms with Gasteiger partial charge in [-0.05, 0) is 6.92 Å². The number of hydrogen-bond acceptors (Lipinski definition) is 5. The molecule has 0 radical (unpaired) electrons. The Morgan fingerprint density at radius 2 is 2.15 bits per heavy atom. The van der Waals surface area contributed by atoms with Gasteiger partial charge in [0.25, 0.3) is 5.92 Å². The van der Waals surface area contributed by atoms with Crippen LogP contribution in [0.5, 0.6) is 0 Å². The number of aromatic nitrogens is 2. The number of nitrogen functional groups attached to an aromatic ring is 1. The normalized spacial score (nSPS) is 14.2. The van der Waals surface area contributed by atoms with Crippen LogP contribution in [0, 0.1) is 0 Å². The van der Waals surface area contributed by atoms with Crippen molar-refractivity contribution in [1.82, 2.24) is 10.2 Å². The molecule has 0 aliphatic heterocycles. The lowest BCUT2D eigenvalue weighted by atomic mass is 10.2. The van der Waals surface area contributed by atoms with Crippen molar-refractivity contribution < 1.29 is 13.2 Å². The summed E-state index contributed by atoms with van der Waals surface area (Å²) in [5.41, 5.74) is 5.10. The minimum atomic E-state index is -2.86. The van der Waals surface area contributed by atoms with Crippen LogP contribution in [0.3, 0.4) is 0 Å². The Bertz CT molecular complexity index is 282. The van der Waals surface area contributed by atoms with Crippen LogP contribution in [0.1, 0.15) is 13.8 Å². The topological polar surface area (TPSA) is 77.0 Å². The molecule has 74 valence electrons. The molecule has 3 N–H and O–H groups in total. The van der Waals surface area contributed by atoms with E-state index >= 15 is 0 Å². The molecule has 0 aromatic carbocycles. The van der Waals surface area contributed by atoms with Crippen molar-refractivity contribution in [1.29, 1.82) is 0 Å². The molecule has 1 unspecified atom stereocenters. The van der Waals surface area contributed by atoms with Crippen molar-refractivity contribution in [3.8, 4) is 0 Å². The van der Waals surface area contributed by atoms with Gasteiger partial charge in [0.2, 0.25) is 0 Å². The lowest BCUT2D eigenvalue weighted by molar-refractivity contribution is 0.00630. The Morgan fingerprint density at radius 1 is 1.54 bits per heavy atom. The number of alkyl halides is 2. The molecular weight excluding hydrogens is 182 g/mol. The first kappa shape index (κ1) is 9.69. The zero-order valence-corrected chi connectivity index (χ0v) is 7.21. The standard InChI is InChI=1S/C6H10F2N4O/c1-3(6(2,7)8)10-5-12-11-4(9)13-5/h3H,1-2H3,(H2,9,11)(H,10,12). The van der Waals surface area contributed by atoms with Crippen molar-refractivity contribution >= 4 is 12.0 Å². The van der Waals surface area contributed by atoms with Gasteiger partial charge in [-0.2, -0.15) is 0 Å². The summed E-state index contributed by atoms with van der Waals surface area (Å²) in [7, 11) is 0. The van der Waals surface area contributed by atoms with Crippen LogP contribution in [-0.4, -0.2) is 22.2 Å². The first-order valence-corrected chi connectivity index (χ1v) is 3.63. The van der Waals surface area contributed by atoms with Crippen LogP contribution in [0.4, 0.5) is 20.8 Å². The lowest BCUT2D eigenvalue weighted by Crippen LogP contribution is -2.34. The van der Waals surface area contributed by atoms with E-state index in [4.69, 9.17) is 5.73 Å². The van der Waals surface area contributed by atoms with E-state index in [-0.39, 0.29) is 12.0 Å². The fourth-order valence-electron chi connectivity index (χ4n) is 0.605. The third-order valence-electron chi connectivity index (χ3n) is 1.54. The second-order valence-electron chi connectivity index (χ2n) is 2.77. The van der Waals surface area contributed by atoms with E-state index in [2.05, 4.69) is 19.9 Å². The van der Waals surface area contributed by atoms with Crippen LogP contribution in [0.2, 0.25) is 0 Å². The van der Waals surface area contributed by atoms with Gasteiger partial charge in [0.1, 0.15) is 0 Å². The Kier molecular flexibility index (Phi) is 2.35. The molecule has 1 rings (SSSR count). The van der Waals surface area contributed by atoms with Crippen molar-refractivity contribution in [2.75, 3.05) is 11.1 Å². The smallest absolute Gasteiger partial charge is 0.317 e. The zero-order chi connectivity index (χ0) is 10.1. The van der Waals surface area contributed by atoms with E-state index in [0.29, 0.717) is 0 Å². The Balaban J connectivity index is 2.60. The van der Waals surface area contributed by atoms with Gasteiger partial charge in [0, 0.05) is 6.92 Å². The Morgan fingerprint density at radius 3 is 2.54 bits per heavy atom. The molecule has 0 saturated heterocycles. The molecule has 1 aromatic rings. The van der Waals surface area contributed by atoms with E-state index in [1.54, 1.807) is 0 Å². The average molecular weight is 192 g/mol. The first-order chi connectivity index (χ1) is 5.89. The number of anilines is 2. The van der Waals surface area contributed by atoms with E-state index in [9.17, 15) is 8.78 Å². The van der Waals surface area contributed by atoms with E-state index in [0.717, 1.165) is 6.92 Å². The number of halogens is 2. The van der Waals surface area contributed by atoms with E-state index in [1.165, 1.54) is 6.92 Å². The molecule has 0 fully saturated rings. The van der Waals surface area contributed by atoms with Crippen LogP contribution >= 0.6 is 0 Å². The maximum absolute atomic E-state index is 12.6. The maximum atomic E-state index is 12.6. The number of rotatable bonds is 3. The molecule has 7 heteroatoms. The number of hydrogen-bond donors (Lipinski definition) is 2.